The number of rotatable bonds is 0. The van der Waals surface area contributed by atoms with Crippen molar-refractivity contribution in [3.05, 3.63) is 0 Å². The molecule has 0 radical (unpaired) electrons. The van der Waals surface area contributed by atoms with Crippen LogP contribution in [0.3, 0.4) is 0 Å². The molecule has 0 heterocycles. The van der Waals surface area contributed by atoms with Gasteiger partial charge in [0.15, 0.2) is 0 Å². The van der Waals surface area contributed by atoms with Crippen LogP contribution < -0.4 is 99.2 Å². The maximum absolute atomic E-state index is 7.88. The summed E-state index contributed by atoms with van der Waals surface area (Å²) in [5.41, 5.74) is 0. The van der Waals surface area contributed by atoms with E-state index in [0.717, 1.165) is 0 Å². The Balaban J connectivity index is -0.00000000667. The third-order valence-electron chi connectivity index (χ3n) is 0. The molecule has 0 aromatic rings. The Bertz CT molecular complexity index is 6.00. The third kappa shape index (κ3) is 28.7. The van der Waals surface area contributed by atoms with Crippen molar-refractivity contribution in [2.75, 3.05) is 0 Å². The predicted molar refractivity (Wildman–Crippen MR) is 1.08 cm³/mol. The molecular formula is Na3O3+. The average molecular weight is 117 g/mol. The van der Waals surface area contributed by atoms with E-state index in [-0.39, 0.29) is 88.7 Å². The fourth-order valence-corrected chi connectivity index (χ4v) is 0. The van der Waals surface area contributed by atoms with E-state index in [9.17, 15) is 0 Å². The van der Waals surface area contributed by atoms with Gasteiger partial charge in [-0.15, -0.1) is 0 Å². The topological polar surface area (TPSA) is 55.3 Å². The maximum Gasteiger partial charge on any atom is 1.00 e. The normalized spacial score (nSPS) is 3.00. The largest absolute Gasteiger partial charge is 1.00 e. The molecular weight excluding hydrogens is 117 g/mol. The van der Waals surface area contributed by atoms with Gasteiger partial charge in [0.25, 0.3) is 0 Å². The fraction of sp³-hybridized carbons (Fsp3) is 0. The summed E-state index contributed by atoms with van der Waals surface area (Å²) in [4.78, 5) is 0. The first kappa shape index (κ1) is 23.2. The van der Waals surface area contributed by atoms with Crippen molar-refractivity contribution in [2.24, 2.45) is 0 Å². The molecule has 0 aliphatic carbocycles. The van der Waals surface area contributed by atoms with Crippen LogP contribution in [0.15, 0.2) is 0 Å². The van der Waals surface area contributed by atoms with Crippen LogP contribution >= 0.6 is 0 Å². The minimum Gasteiger partial charge on any atom is -0.734 e. The second-order valence-corrected chi connectivity index (χ2v) is 0.0680. The van der Waals surface area contributed by atoms with Crippen molar-refractivity contribution in [1.29, 1.82) is 0 Å². The van der Waals surface area contributed by atoms with Crippen LogP contribution in [-0.2, 0) is 5.04 Å². The molecule has 0 aliphatic heterocycles. The maximum atomic E-state index is 7.88. The van der Waals surface area contributed by atoms with E-state index < -0.39 is 0 Å². The third-order valence-corrected chi connectivity index (χ3v) is 0. The summed E-state index contributed by atoms with van der Waals surface area (Å²) in [5.74, 6) is 0. The zero-order valence-electron chi connectivity index (χ0n) is 4.22. The SMILES string of the molecule is [Na+].[Na+].[Na+].[O-]O[O-]. The predicted octanol–water partition coefficient (Wildman–Crippen LogP) is -11.4. The summed E-state index contributed by atoms with van der Waals surface area (Å²) < 4.78 is 0. The Hall–Kier alpha value is 2.88. The molecule has 0 unspecified atom stereocenters. The second-order valence-electron chi connectivity index (χ2n) is 0.0680. The van der Waals surface area contributed by atoms with Gasteiger partial charge in [-0.1, -0.05) is 0 Å². The second kappa shape index (κ2) is 24.8. The van der Waals surface area contributed by atoms with Crippen LogP contribution in [-0.4, -0.2) is 0 Å². The van der Waals surface area contributed by atoms with Crippen LogP contribution in [0, 0.1) is 0 Å². The smallest absolute Gasteiger partial charge is 0.734 e. The zero-order valence-corrected chi connectivity index (χ0v) is 10.2. The fourth-order valence-electron chi connectivity index (χ4n) is 0. The van der Waals surface area contributed by atoms with Crippen molar-refractivity contribution in [3.63, 3.8) is 0 Å². The Morgan fingerprint density at radius 1 is 0.833 bits per heavy atom. The molecule has 0 N–H and O–H groups in total. The molecule has 0 saturated carbocycles. The Kier molecular flexibility index (Phi) is 95.6. The molecule has 0 saturated heterocycles. The summed E-state index contributed by atoms with van der Waals surface area (Å²) in [6.45, 7) is 0. The standard InChI is InChI=1S/3Na.H2O3/c;;;1-3-2/h;;;1-2H/q3*+1;/p-2. The zero-order chi connectivity index (χ0) is 2.71. The Labute approximate surface area is 102 Å². The van der Waals surface area contributed by atoms with Crippen LogP contribution in [0.25, 0.3) is 0 Å². The Morgan fingerprint density at radius 3 is 0.833 bits per heavy atom. The average Bonchev–Trinajstić information content (AvgIpc) is 0.918. The minimum atomic E-state index is 0. The summed E-state index contributed by atoms with van der Waals surface area (Å²) in [5, 5.41) is 17.5. The first-order chi connectivity index (χ1) is 1.41. The molecule has 0 spiro atoms. The summed E-state index contributed by atoms with van der Waals surface area (Å²) in [6, 6.07) is 0. The van der Waals surface area contributed by atoms with Gasteiger partial charge >= 0.3 is 88.7 Å². The molecule has 20 valence electrons. The van der Waals surface area contributed by atoms with Crippen molar-refractivity contribution >= 4 is 0 Å². The van der Waals surface area contributed by atoms with Gasteiger partial charge in [-0.2, -0.15) is 0 Å². The van der Waals surface area contributed by atoms with Gasteiger partial charge in [0.05, 0.1) is 0 Å². The number of hydrogen-bond acceptors (Lipinski definition) is 3. The Morgan fingerprint density at radius 2 is 0.833 bits per heavy atom. The monoisotopic (exact) mass is 117 g/mol. The number of hydrogen-bond donors (Lipinski definition) is 0. The molecule has 6 heteroatoms. The van der Waals surface area contributed by atoms with Gasteiger partial charge in [-0.05, 0) is 0 Å². The van der Waals surface area contributed by atoms with Crippen LogP contribution in [0.4, 0.5) is 0 Å². The van der Waals surface area contributed by atoms with Crippen LogP contribution in [0.1, 0.15) is 0 Å². The van der Waals surface area contributed by atoms with E-state index in [2.05, 4.69) is 0 Å². The summed E-state index contributed by atoms with van der Waals surface area (Å²) in [7, 11) is 0. The molecule has 3 nitrogen and oxygen atoms in total. The van der Waals surface area contributed by atoms with Crippen molar-refractivity contribution in [1.82, 2.24) is 0 Å². The molecule has 0 atom stereocenters. The molecule has 0 rings (SSSR count). The van der Waals surface area contributed by atoms with Gasteiger partial charge in [0.1, 0.15) is 0 Å². The first-order valence-electron chi connectivity index (χ1n) is 0.333. The van der Waals surface area contributed by atoms with Gasteiger partial charge in [0, 0.05) is 0 Å². The molecule has 6 heavy (non-hydrogen) atoms. The summed E-state index contributed by atoms with van der Waals surface area (Å²) in [6.07, 6.45) is 0. The summed E-state index contributed by atoms with van der Waals surface area (Å²) >= 11 is 0. The first-order valence-corrected chi connectivity index (χ1v) is 0.333. The quantitative estimate of drug-likeness (QED) is 0.180. The molecule has 0 aromatic carbocycles. The van der Waals surface area contributed by atoms with Gasteiger partial charge < -0.3 is 15.6 Å². The molecule has 0 amide bonds. The van der Waals surface area contributed by atoms with Gasteiger partial charge in [-0.25, -0.2) is 0 Å². The van der Waals surface area contributed by atoms with E-state index in [4.69, 9.17) is 10.5 Å². The van der Waals surface area contributed by atoms with Crippen LogP contribution in [0.2, 0.25) is 0 Å². The van der Waals surface area contributed by atoms with Crippen LogP contribution in [0.5, 0.6) is 0 Å². The minimum absolute atomic E-state index is 0. The molecule has 0 aromatic heterocycles. The molecule has 0 bridgehead atoms. The van der Waals surface area contributed by atoms with Crippen molar-refractivity contribution < 1.29 is 104 Å². The van der Waals surface area contributed by atoms with E-state index in [1.54, 1.807) is 5.04 Å². The van der Waals surface area contributed by atoms with E-state index in [1.165, 1.54) is 0 Å². The van der Waals surface area contributed by atoms with Crippen molar-refractivity contribution in [3.8, 4) is 0 Å². The van der Waals surface area contributed by atoms with Crippen molar-refractivity contribution in [2.45, 2.75) is 0 Å². The van der Waals surface area contributed by atoms with E-state index in [0.29, 0.717) is 0 Å². The van der Waals surface area contributed by atoms with E-state index >= 15 is 0 Å². The molecule has 0 aliphatic rings. The van der Waals surface area contributed by atoms with Gasteiger partial charge in [-0.3, -0.25) is 0 Å². The van der Waals surface area contributed by atoms with E-state index in [1.807, 2.05) is 0 Å². The molecule has 0 fully saturated rings. The van der Waals surface area contributed by atoms with Gasteiger partial charge in [0.2, 0.25) is 0 Å².